The Morgan fingerprint density at radius 2 is 2.18 bits per heavy atom. The lowest BCUT2D eigenvalue weighted by Crippen LogP contribution is -2.40. The Kier molecular flexibility index (Phi) is 4.48. The molecule has 0 spiro atoms. The van der Waals surface area contributed by atoms with Crippen LogP contribution in [0.5, 0.6) is 0 Å². The van der Waals surface area contributed by atoms with E-state index >= 15 is 0 Å². The van der Waals surface area contributed by atoms with Crippen LogP contribution in [0.1, 0.15) is 36.0 Å². The maximum absolute atomic E-state index is 12.4. The highest BCUT2D eigenvalue weighted by atomic mass is 79.9. The Morgan fingerprint density at radius 3 is 2.76 bits per heavy atom. The predicted octanol–water partition coefficient (Wildman–Crippen LogP) is 2.26. The van der Waals surface area contributed by atoms with E-state index in [9.17, 15) is 4.79 Å². The summed E-state index contributed by atoms with van der Waals surface area (Å²) in [5.74, 6) is 0.0752. The molecule has 2 rings (SSSR count). The zero-order valence-corrected chi connectivity index (χ0v) is 11.3. The summed E-state index contributed by atoms with van der Waals surface area (Å²) in [4.78, 5) is 14.3. The molecule has 5 heteroatoms. The molecule has 1 aromatic rings. The second kappa shape index (κ2) is 6.10. The first-order valence-corrected chi connectivity index (χ1v) is 7.08. The van der Waals surface area contributed by atoms with E-state index in [-0.39, 0.29) is 5.91 Å². The minimum atomic E-state index is 0.0752. The van der Waals surface area contributed by atoms with Gasteiger partial charge < -0.3 is 4.90 Å². The van der Waals surface area contributed by atoms with E-state index in [1.807, 2.05) is 4.90 Å². The summed E-state index contributed by atoms with van der Waals surface area (Å²) in [6.07, 6.45) is 7.80. The van der Waals surface area contributed by atoms with Crippen LogP contribution in [0.25, 0.3) is 0 Å². The lowest BCUT2D eigenvalue weighted by atomic mass is 10.1. The van der Waals surface area contributed by atoms with E-state index in [1.165, 1.54) is 12.8 Å². The monoisotopic (exact) mass is 297 g/mol. The molecule has 1 aliphatic carbocycles. The largest absolute Gasteiger partial charge is 0.335 e. The smallest absolute Gasteiger partial charge is 0.255 e. The third kappa shape index (κ3) is 3.03. The highest BCUT2D eigenvalue weighted by Crippen LogP contribution is 2.24. The van der Waals surface area contributed by atoms with Crippen molar-refractivity contribution in [2.45, 2.75) is 31.7 Å². The maximum atomic E-state index is 12.4. The van der Waals surface area contributed by atoms with Crippen molar-refractivity contribution < 1.29 is 4.79 Å². The number of hydrogen-bond donors (Lipinski definition) is 0. The minimum absolute atomic E-state index is 0.0752. The van der Waals surface area contributed by atoms with E-state index in [1.54, 1.807) is 18.5 Å². The molecule has 0 saturated heterocycles. The molecule has 1 heterocycles. The van der Waals surface area contributed by atoms with Crippen molar-refractivity contribution in [3.05, 3.63) is 24.0 Å². The van der Waals surface area contributed by atoms with Crippen LogP contribution in [0.4, 0.5) is 0 Å². The number of aromatic nitrogens is 2. The fourth-order valence-corrected chi connectivity index (χ4v) is 2.72. The van der Waals surface area contributed by atoms with Gasteiger partial charge in [0, 0.05) is 17.9 Å². The number of alkyl halides is 1. The molecule has 0 aromatic carbocycles. The highest BCUT2D eigenvalue weighted by molar-refractivity contribution is 9.09. The summed E-state index contributed by atoms with van der Waals surface area (Å²) in [5.41, 5.74) is 0.632. The lowest BCUT2D eigenvalue weighted by molar-refractivity contribution is 0.0695. The number of halogens is 1. The number of nitrogens with zero attached hydrogens (tertiary/aromatic N) is 3. The molecule has 92 valence electrons. The zero-order valence-electron chi connectivity index (χ0n) is 9.68. The zero-order chi connectivity index (χ0) is 12.1. The first-order chi connectivity index (χ1) is 8.33. The first kappa shape index (κ1) is 12.5. The number of rotatable bonds is 4. The number of carbonyl (C=O) groups is 1. The summed E-state index contributed by atoms with van der Waals surface area (Å²) in [7, 11) is 0. The van der Waals surface area contributed by atoms with Crippen LogP contribution in [-0.4, -0.2) is 38.9 Å². The molecule has 0 bridgehead atoms. The van der Waals surface area contributed by atoms with Crippen LogP contribution in [0.15, 0.2) is 18.5 Å². The number of hydrogen-bond acceptors (Lipinski definition) is 3. The van der Waals surface area contributed by atoms with Gasteiger partial charge in [-0.25, -0.2) is 0 Å². The SMILES string of the molecule is O=C(c1ccnnc1)N(CCBr)C1CCCC1. The van der Waals surface area contributed by atoms with Crippen molar-refractivity contribution in [3.8, 4) is 0 Å². The maximum Gasteiger partial charge on any atom is 0.255 e. The molecule has 1 saturated carbocycles. The van der Waals surface area contributed by atoms with Gasteiger partial charge in [0.05, 0.1) is 18.0 Å². The van der Waals surface area contributed by atoms with Crippen molar-refractivity contribution in [1.82, 2.24) is 15.1 Å². The molecule has 1 aromatic heterocycles. The van der Waals surface area contributed by atoms with Gasteiger partial charge in [-0.3, -0.25) is 4.79 Å². The topological polar surface area (TPSA) is 46.1 Å². The fourth-order valence-electron chi connectivity index (χ4n) is 2.34. The predicted molar refractivity (Wildman–Crippen MR) is 69.1 cm³/mol. The van der Waals surface area contributed by atoms with E-state index < -0.39 is 0 Å². The third-order valence-corrected chi connectivity index (χ3v) is 3.54. The van der Waals surface area contributed by atoms with Gasteiger partial charge >= 0.3 is 0 Å². The Morgan fingerprint density at radius 1 is 1.41 bits per heavy atom. The molecule has 0 aliphatic heterocycles. The van der Waals surface area contributed by atoms with E-state index in [0.29, 0.717) is 11.6 Å². The number of amides is 1. The van der Waals surface area contributed by atoms with Gasteiger partial charge in [0.2, 0.25) is 0 Å². The van der Waals surface area contributed by atoms with Gasteiger partial charge in [-0.05, 0) is 18.9 Å². The Balaban J connectivity index is 2.12. The summed E-state index contributed by atoms with van der Waals surface area (Å²) in [5, 5.41) is 8.28. The quantitative estimate of drug-likeness (QED) is 0.801. The van der Waals surface area contributed by atoms with Gasteiger partial charge in [-0.2, -0.15) is 10.2 Å². The van der Waals surface area contributed by atoms with Crippen LogP contribution in [-0.2, 0) is 0 Å². The van der Waals surface area contributed by atoms with Crippen LogP contribution < -0.4 is 0 Å². The number of carbonyl (C=O) groups excluding carboxylic acids is 1. The molecule has 1 aliphatic rings. The second-order valence-electron chi connectivity index (χ2n) is 4.26. The Labute approximate surface area is 110 Å². The van der Waals surface area contributed by atoms with Gasteiger partial charge in [0.15, 0.2) is 0 Å². The van der Waals surface area contributed by atoms with Crippen molar-refractivity contribution in [3.63, 3.8) is 0 Å². The Bertz CT molecular complexity index is 365. The average Bonchev–Trinajstić information content (AvgIpc) is 2.90. The van der Waals surface area contributed by atoms with Crippen molar-refractivity contribution in [2.24, 2.45) is 0 Å². The minimum Gasteiger partial charge on any atom is -0.335 e. The first-order valence-electron chi connectivity index (χ1n) is 5.96. The molecule has 0 atom stereocenters. The van der Waals surface area contributed by atoms with E-state index in [0.717, 1.165) is 24.7 Å². The molecule has 0 N–H and O–H groups in total. The van der Waals surface area contributed by atoms with Crippen LogP contribution in [0, 0.1) is 0 Å². The highest BCUT2D eigenvalue weighted by Gasteiger charge is 2.26. The summed E-state index contributed by atoms with van der Waals surface area (Å²) in [6.45, 7) is 0.756. The average molecular weight is 298 g/mol. The molecule has 17 heavy (non-hydrogen) atoms. The van der Waals surface area contributed by atoms with E-state index in [4.69, 9.17) is 0 Å². The lowest BCUT2D eigenvalue weighted by Gasteiger charge is -2.28. The van der Waals surface area contributed by atoms with Gasteiger partial charge in [-0.1, -0.05) is 28.8 Å². The molecular weight excluding hydrogens is 282 g/mol. The van der Waals surface area contributed by atoms with Gasteiger partial charge in [0.25, 0.3) is 5.91 Å². The molecule has 1 amide bonds. The molecule has 4 nitrogen and oxygen atoms in total. The normalized spacial score (nSPS) is 16.1. The standard InChI is InChI=1S/C12H16BrN3O/c13-6-8-16(11-3-1-2-4-11)12(17)10-5-7-14-15-9-10/h5,7,9,11H,1-4,6,8H2. The third-order valence-electron chi connectivity index (χ3n) is 3.18. The molecule has 1 fully saturated rings. The summed E-state index contributed by atoms with van der Waals surface area (Å²) in [6, 6.07) is 2.12. The summed E-state index contributed by atoms with van der Waals surface area (Å²) < 4.78 is 0. The van der Waals surface area contributed by atoms with E-state index in [2.05, 4.69) is 26.1 Å². The Hall–Kier alpha value is -0.970. The van der Waals surface area contributed by atoms with Gasteiger partial charge in [0.1, 0.15) is 0 Å². The van der Waals surface area contributed by atoms with Gasteiger partial charge in [-0.15, -0.1) is 0 Å². The van der Waals surface area contributed by atoms with Crippen molar-refractivity contribution >= 4 is 21.8 Å². The van der Waals surface area contributed by atoms with Crippen LogP contribution in [0.3, 0.4) is 0 Å². The van der Waals surface area contributed by atoms with Crippen molar-refractivity contribution in [1.29, 1.82) is 0 Å². The second-order valence-corrected chi connectivity index (χ2v) is 5.05. The van der Waals surface area contributed by atoms with Crippen LogP contribution >= 0.6 is 15.9 Å². The molecular formula is C12H16BrN3O. The fraction of sp³-hybridized carbons (Fsp3) is 0.583. The van der Waals surface area contributed by atoms with Crippen molar-refractivity contribution in [2.75, 3.05) is 11.9 Å². The van der Waals surface area contributed by atoms with Crippen LogP contribution in [0.2, 0.25) is 0 Å². The molecule has 0 unspecified atom stereocenters. The molecule has 0 radical (unpaired) electrons. The summed E-state index contributed by atoms with van der Waals surface area (Å²) >= 11 is 3.42.